The smallest absolute Gasteiger partial charge is 0.205 e. The summed E-state index contributed by atoms with van der Waals surface area (Å²) < 4.78 is 0. The average molecular weight is 225 g/mol. The van der Waals surface area contributed by atoms with Crippen LogP contribution in [0.15, 0.2) is 0 Å². The summed E-state index contributed by atoms with van der Waals surface area (Å²) >= 11 is 1.66. The van der Waals surface area contributed by atoms with Crippen molar-refractivity contribution in [3.63, 3.8) is 0 Å². The monoisotopic (exact) mass is 225 g/mol. The maximum absolute atomic E-state index is 4.12. The molecule has 0 aromatic carbocycles. The number of aromatic nitrogens is 2. The van der Waals surface area contributed by atoms with Crippen molar-refractivity contribution < 1.29 is 0 Å². The number of nitrogens with one attached hydrogen (secondary N) is 1. The summed E-state index contributed by atoms with van der Waals surface area (Å²) in [6.45, 7) is 2.00. The molecule has 0 spiro atoms. The van der Waals surface area contributed by atoms with E-state index in [9.17, 15) is 0 Å². The molecule has 0 aliphatic heterocycles. The largest absolute Gasteiger partial charge is 0.357 e. The second kappa shape index (κ2) is 5.45. The van der Waals surface area contributed by atoms with Gasteiger partial charge in [0, 0.05) is 6.04 Å². The van der Waals surface area contributed by atoms with Gasteiger partial charge in [0.2, 0.25) is 5.13 Å². The molecule has 0 radical (unpaired) electrons. The molecule has 1 aliphatic carbocycles. The first-order valence-electron chi connectivity index (χ1n) is 5.91. The Morgan fingerprint density at radius 2 is 1.73 bits per heavy atom. The van der Waals surface area contributed by atoms with Gasteiger partial charge < -0.3 is 5.32 Å². The number of rotatable bonds is 2. The van der Waals surface area contributed by atoms with Crippen LogP contribution in [-0.2, 0) is 0 Å². The Labute approximate surface area is 95.3 Å². The van der Waals surface area contributed by atoms with Crippen molar-refractivity contribution in [2.45, 2.75) is 57.9 Å². The molecule has 0 amide bonds. The molecule has 0 saturated heterocycles. The van der Waals surface area contributed by atoms with Crippen molar-refractivity contribution in [2.24, 2.45) is 0 Å². The second-order valence-electron chi connectivity index (χ2n) is 4.31. The Morgan fingerprint density at radius 3 is 2.33 bits per heavy atom. The summed E-state index contributed by atoms with van der Waals surface area (Å²) in [6, 6.07) is 0.623. The standard InChI is InChI=1S/C11H19N3S/c1-9-13-14-11(15-9)12-10-7-5-3-2-4-6-8-10/h10H,2-8H2,1H3,(H,12,14). The molecule has 3 nitrogen and oxygen atoms in total. The van der Waals surface area contributed by atoms with E-state index in [0.717, 1.165) is 10.1 Å². The van der Waals surface area contributed by atoms with Gasteiger partial charge >= 0.3 is 0 Å². The normalized spacial score (nSPS) is 19.5. The lowest BCUT2D eigenvalue weighted by Crippen LogP contribution is -2.20. The van der Waals surface area contributed by atoms with Crippen LogP contribution in [0.5, 0.6) is 0 Å². The molecule has 1 fully saturated rings. The summed E-state index contributed by atoms with van der Waals surface area (Å²) in [7, 11) is 0. The van der Waals surface area contributed by atoms with Crippen LogP contribution in [0.2, 0.25) is 0 Å². The van der Waals surface area contributed by atoms with Crippen molar-refractivity contribution in [3.8, 4) is 0 Å². The minimum absolute atomic E-state index is 0.623. The van der Waals surface area contributed by atoms with E-state index in [0.29, 0.717) is 6.04 Å². The van der Waals surface area contributed by atoms with Gasteiger partial charge in [0.15, 0.2) is 0 Å². The number of hydrogen-bond acceptors (Lipinski definition) is 4. The molecule has 1 aromatic rings. The topological polar surface area (TPSA) is 37.8 Å². The van der Waals surface area contributed by atoms with Crippen LogP contribution in [0.3, 0.4) is 0 Å². The SMILES string of the molecule is Cc1nnc(NC2CCCCCCC2)s1. The highest BCUT2D eigenvalue weighted by Crippen LogP contribution is 2.22. The van der Waals surface area contributed by atoms with Gasteiger partial charge in [-0.05, 0) is 19.8 Å². The van der Waals surface area contributed by atoms with E-state index in [4.69, 9.17) is 0 Å². The van der Waals surface area contributed by atoms with E-state index in [1.807, 2.05) is 6.92 Å². The number of anilines is 1. The summed E-state index contributed by atoms with van der Waals surface area (Å²) in [5.41, 5.74) is 0. The molecule has 1 aromatic heterocycles. The van der Waals surface area contributed by atoms with Crippen LogP contribution in [0.25, 0.3) is 0 Å². The van der Waals surface area contributed by atoms with Crippen molar-refractivity contribution in [1.82, 2.24) is 10.2 Å². The van der Waals surface area contributed by atoms with Crippen molar-refractivity contribution >= 4 is 16.5 Å². The second-order valence-corrected chi connectivity index (χ2v) is 5.49. The van der Waals surface area contributed by atoms with Gasteiger partial charge in [0.25, 0.3) is 0 Å². The Bertz CT molecular complexity index is 290. The molecule has 1 N–H and O–H groups in total. The van der Waals surface area contributed by atoms with Crippen LogP contribution in [-0.4, -0.2) is 16.2 Å². The minimum Gasteiger partial charge on any atom is -0.357 e. The van der Waals surface area contributed by atoms with E-state index in [2.05, 4.69) is 15.5 Å². The summed E-state index contributed by atoms with van der Waals surface area (Å²) in [6.07, 6.45) is 9.51. The predicted molar refractivity (Wildman–Crippen MR) is 64.4 cm³/mol. The van der Waals surface area contributed by atoms with Crippen LogP contribution < -0.4 is 5.32 Å². The Balaban J connectivity index is 1.86. The van der Waals surface area contributed by atoms with Gasteiger partial charge in [-0.15, -0.1) is 10.2 Å². The maximum Gasteiger partial charge on any atom is 0.205 e. The Kier molecular flexibility index (Phi) is 3.94. The van der Waals surface area contributed by atoms with Gasteiger partial charge in [0.1, 0.15) is 5.01 Å². The molecule has 0 bridgehead atoms. The maximum atomic E-state index is 4.12. The van der Waals surface area contributed by atoms with E-state index >= 15 is 0 Å². The summed E-state index contributed by atoms with van der Waals surface area (Å²) in [5.74, 6) is 0. The first kappa shape index (κ1) is 10.9. The van der Waals surface area contributed by atoms with E-state index in [-0.39, 0.29) is 0 Å². The third-order valence-corrected chi connectivity index (χ3v) is 3.73. The van der Waals surface area contributed by atoms with E-state index in [1.54, 1.807) is 11.3 Å². The predicted octanol–water partition coefficient (Wildman–Crippen LogP) is 3.37. The third kappa shape index (κ3) is 3.45. The van der Waals surface area contributed by atoms with Gasteiger partial charge in [-0.25, -0.2) is 0 Å². The van der Waals surface area contributed by atoms with Crippen LogP contribution in [0, 0.1) is 6.92 Å². The van der Waals surface area contributed by atoms with E-state index in [1.165, 1.54) is 44.9 Å². The molecule has 84 valence electrons. The Morgan fingerprint density at radius 1 is 1.07 bits per heavy atom. The lowest BCUT2D eigenvalue weighted by Gasteiger charge is -2.20. The fourth-order valence-electron chi connectivity index (χ4n) is 2.13. The molecule has 1 aliphatic rings. The first-order chi connectivity index (χ1) is 7.34. The molecule has 1 saturated carbocycles. The van der Waals surface area contributed by atoms with E-state index < -0.39 is 0 Å². The average Bonchev–Trinajstić information content (AvgIpc) is 2.56. The minimum atomic E-state index is 0.623. The van der Waals surface area contributed by atoms with Gasteiger partial charge in [0.05, 0.1) is 0 Å². The molecular weight excluding hydrogens is 206 g/mol. The van der Waals surface area contributed by atoms with Gasteiger partial charge in [-0.3, -0.25) is 0 Å². The van der Waals surface area contributed by atoms with Crippen LogP contribution in [0.4, 0.5) is 5.13 Å². The molecule has 2 rings (SSSR count). The summed E-state index contributed by atoms with van der Waals surface area (Å²) in [4.78, 5) is 0. The highest BCUT2D eigenvalue weighted by Gasteiger charge is 2.12. The summed E-state index contributed by atoms with van der Waals surface area (Å²) in [5, 5.41) is 13.7. The zero-order valence-electron chi connectivity index (χ0n) is 9.33. The fourth-order valence-corrected chi connectivity index (χ4v) is 2.80. The molecule has 0 unspecified atom stereocenters. The lowest BCUT2D eigenvalue weighted by molar-refractivity contribution is 0.471. The zero-order valence-corrected chi connectivity index (χ0v) is 10.1. The zero-order chi connectivity index (χ0) is 10.5. The Hall–Kier alpha value is -0.640. The molecule has 1 heterocycles. The molecule has 15 heavy (non-hydrogen) atoms. The van der Waals surface area contributed by atoms with Gasteiger partial charge in [-0.2, -0.15) is 0 Å². The van der Waals surface area contributed by atoms with Crippen LogP contribution in [0.1, 0.15) is 50.0 Å². The van der Waals surface area contributed by atoms with Crippen molar-refractivity contribution in [3.05, 3.63) is 5.01 Å². The number of nitrogens with zero attached hydrogens (tertiary/aromatic N) is 2. The molecular formula is C11H19N3S. The van der Waals surface area contributed by atoms with Crippen LogP contribution >= 0.6 is 11.3 Å². The first-order valence-corrected chi connectivity index (χ1v) is 6.73. The third-order valence-electron chi connectivity index (χ3n) is 2.96. The highest BCUT2D eigenvalue weighted by molar-refractivity contribution is 7.15. The lowest BCUT2D eigenvalue weighted by atomic mass is 9.97. The van der Waals surface area contributed by atoms with Crippen molar-refractivity contribution in [2.75, 3.05) is 5.32 Å². The van der Waals surface area contributed by atoms with Crippen molar-refractivity contribution in [1.29, 1.82) is 0 Å². The number of hydrogen-bond donors (Lipinski definition) is 1. The van der Waals surface area contributed by atoms with Gasteiger partial charge in [-0.1, -0.05) is 43.4 Å². The highest BCUT2D eigenvalue weighted by atomic mass is 32.1. The fraction of sp³-hybridized carbons (Fsp3) is 0.818. The quantitative estimate of drug-likeness (QED) is 0.838. The molecule has 4 heteroatoms. The molecule has 0 atom stereocenters. The number of aryl methyl sites for hydroxylation is 1.